The first-order valence-electron chi connectivity index (χ1n) is 2.04. The summed E-state index contributed by atoms with van der Waals surface area (Å²) in [5, 5.41) is 0. The molecule has 0 bridgehead atoms. The number of hydrogen-bond acceptors (Lipinski definition) is 4. The minimum absolute atomic E-state index is 0. The summed E-state index contributed by atoms with van der Waals surface area (Å²) in [5.74, 6) is 0. The smallest absolute Gasteiger partial charge is 1.00 e. The van der Waals surface area contributed by atoms with Crippen LogP contribution in [0.5, 0.6) is 0 Å². The first-order valence-corrected chi connectivity index (χ1v) is 4.97. The Balaban J connectivity index is -0.000000605. The van der Waals surface area contributed by atoms with Crippen LogP contribution in [0, 0.1) is 0 Å². The van der Waals surface area contributed by atoms with Crippen LogP contribution < -0.4 is 18.9 Å². The number of alkyl halides is 3. The Hall–Kier alpha value is 0.447. The average molecular weight is 238 g/mol. The van der Waals surface area contributed by atoms with Crippen LogP contribution in [0.15, 0.2) is 0 Å². The van der Waals surface area contributed by atoms with E-state index in [-0.39, 0.29) is 20.3 Å². The third-order valence-electron chi connectivity index (χ3n) is 0.479. The first kappa shape index (κ1) is 15.9. The predicted octanol–water partition coefficient (Wildman–Crippen LogP) is -2.94. The molecule has 0 atom stereocenters. The molecule has 0 fully saturated rings. The molecule has 0 saturated heterocycles. The van der Waals surface area contributed by atoms with Crippen molar-refractivity contribution in [2.24, 2.45) is 0 Å². The largest absolute Gasteiger partial charge is 1.00 e. The Bertz CT molecular complexity index is 306. The van der Waals surface area contributed by atoms with Crippen molar-refractivity contribution >= 4 is 17.9 Å². The van der Waals surface area contributed by atoms with Crippen LogP contribution in [0.1, 0.15) is 1.43 Å². The van der Waals surface area contributed by atoms with Gasteiger partial charge in [-0.3, -0.25) is 0 Å². The number of hydrogen-bond donors (Lipinski definition) is 2. The molecule has 0 aromatic rings. The van der Waals surface area contributed by atoms with Crippen LogP contribution in [0.25, 0.3) is 0 Å². The van der Waals surface area contributed by atoms with Crippen molar-refractivity contribution in [2.45, 2.75) is 5.51 Å². The molecule has 76 valence electrons. The Kier molecular flexibility index (Phi) is 5.27. The zero-order valence-corrected chi connectivity index (χ0v) is 7.73. The van der Waals surface area contributed by atoms with Crippen LogP contribution in [-0.4, -0.2) is 23.7 Å². The van der Waals surface area contributed by atoms with E-state index in [1.165, 1.54) is 0 Å². The van der Waals surface area contributed by atoms with Gasteiger partial charge in [0, 0.05) is 0 Å². The van der Waals surface area contributed by atoms with Crippen LogP contribution in [-0.2, 0) is 18.7 Å². The van der Waals surface area contributed by atoms with E-state index < -0.39 is 23.4 Å². The van der Waals surface area contributed by atoms with Gasteiger partial charge in [0.05, 0.1) is 0 Å². The van der Waals surface area contributed by atoms with Gasteiger partial charge in [0.25, 0.3) is 0 Å². The normalized spacial score (nSPS) is 13.6. The van der Waals surface area contributed by atoms with Gasteiger partial charge in [-0.15, -0.1) is 0 Å². The number of halogens is 3. The molecule has 0 spiro atoms. The van der Waals surface area contributed by atoms with E-state index in [2.05, 4.69) is 3.97 Å². The summed E-state index contributed by atoms with van der Waals surface area (Å²) in [6.45, 7) is 0. The quantitative estimate of drug-likeness (QED) is 0.303. The molecule has 0 aliphatic carbocycles. The van der Waals surface area contributed by atoms with Gasteiger partial charge < -0.3 is 11.2 Å². The van der Waals surface area contributed by atoms with Gasteiger partial charge >= 0.3 is 42.3 Å². The molecule has 0 heterocycles. The second-order valence-electron chi connectivity index (χ2n) is 1.46. The van der Waals surface area contributed by atoms with E-state index in [4.69, 9.17) is 9.79 Å². The molecular formula is CH3F3LiO6PS. The monoisotopic (exact) mass is 238 g/mol. The molecule has 0 rings (SSSR count). The first-order chi connectivity index (χ1) is 4.96. The fraction of sp³-hybridized carbons (Fsp3) is 1.00. The van der Waals surface area contributed by atoms with E-state index in [0.29, 0.717) is 0 Å². The molecule has 6 nitrogen and oxygen atoms in total. The summed E-state index contributed by atoms with van der Waals surface area (Å²) in [4.78, 5) is 15.5. The Morgan fingerprint density at radius 2 is 1.62 bits per heavy atom. The molecule has 0 amide bonds. The van der Waals surface area contributed by atoms with Gasteiger partial charge in [0.1, 0.15) is 0 Å². The van der Waals surface area contributed by atoms with Crippen LogP contribution in [0.3, 0.4) is 0 Å². The predicted molar refractivity (Wildman–Crippen MR) is 29.2 cm³/mol. The second kappa shape index (κ2) is 4.31. The van der Waals surface area contributed by atoms with Gasteiger partial charge in [0.2, 0.25) is 0 Å². The molecule has 0 aliphatic heterocycles. The Labute approximate surface area is 84.1 Å². The summed E-state index contributed by atoms with van der Waals surface area (Å²) in [7, 11) is -11.9. The summed E-state index contributed by atoms with van der Waals surface area (Å²) >= 11 is 0. The maximum atomic E-state index is 11.3. The second-order valence-corrected chi connectivity index (χ2v) is 4.41. The van der Waals surface area contributed by atoms with Crippen molar-refractivity contribution in [1.29, 1.82) is 0 Å². The van der Waals surface area contributed by atoms with E-state index in [1.54, 1.807) is 0 Å². The minimum Gasteiger partial charge on any atom is -1.00 e. The van der Waals surface area contributed by atoms with Crippen molar-refractivity contribution in [3.05, 3.63) is 0 Å². The van der Waals surface area contributed by atoms with Gasteiger partial charge in [0.15, 0.2) is 0 Å². The number of rotatable bonds is 2. The van der Waals surface area contributed by atoms with Crippen molar-refractivity contribution in [3.63, 3.8) is 0 Å². The SMILES string of the molecule is O=P(O)(O)OS(=O)(=O)C(F)(F)F.[H-].[Li+]. The summed E-state index contributed by atoms with van der Waals surface area (Å²) in [5.41, 5.74) is -5.84. The molecule has 0 saturated carbocycles. The van der Waals surface area contributed by atoms with Gasteiger partial charge in [-0.05, 0) is 0 Å². The molecule has 0 radical (unpaired) electrons. The van der Waals surface area contributed by atoms with E-state index >= 15 is 0 Å². The molecule has 0 aromatic carbocycles. The van der Waals surface area contributed by atoms with Crippen molar-refractivity contribution in [2.75, 3.05) is 0 Å². The third kappa shape index (κ3) is 5.69. The average Bonchev–Trinajstić information content (AvgIpc) is 1.52. The minimum atomic E-state index is -6.22. The van der Waals surface area contributed by atoms with Crippen LogP contribution >= 0.6 is 7.82 Å². The fourth-order valence-electron chi connectivity index (χ4n) is 0.170. The molecule has 13 heavy (non-hydrogen) atoms. The summed E-state index contributed by atoms with van der Waals surface area (Å²) in [6.07, 6.45) is 0. The third-order valence-corrected chi connectivity index (χ3v) is 2.61. The van der Waals surface area contributed by atoms with E-state index in [1.807, 2.05) is 0 Å². The summed E-state index contributed by atoms with van der Waals surface area (Å²) < 4.78 is 65.8. The zero-order chi connectivity index (χ0) is 10.2. The van der Waals surface area contributed by atoms with E-state index in [0.717, 1.165) is 0 Å². The van der Waals surface area contributed by atoms with Crippen molar-refractivity contribution < 1.29 is 60.2 Å². The zero-order valence-electron chi connectivity index (χ0n) is 7.02. The van der Waals surface area contributed by atoms with Crippen LogP contribution in [0.4, 0.5) is 13.2 Å². The molecule has 0 aromatic heterocycles. The fourth-order valence-corrected chi connectivity index (χ4v) is 1.53. The van der Waals surface area contributed by atoms with Crippen molar-refractivity contribution in [1.82, 2.24) is 0 Å². The molecule has 0 aliphatic rings. The number of phosphoric acid groups is 1. The molecule has 12 heteroatoms. The van der Waals surface area contributed by atoms with Gasteiger partial charge in [-0.1, -0.05) is 0 Å². The maximum absolute atomic E-state index is 11.3. The maximum Gasteiger partial charge on any atom is 1.00 e. The van der Waals surface area contributed by atoms with Gasteiger partial charge in [-0.25, -0.2) is 4.57 Å². The topological polar surface area (TPSA) is 101 Å². The standard InChI is InChI=1S/CH2F3O6PS.Li.H/c2-1(3,4)12(8,9)10-11(5,6)7;;/h(H2,5,6,7);;/q;+1;-1. The molecular weight excluding hydrogens is 235 g/mol. The van der Waals surface area contributed by atoms with Crippen LogP contribution in [0.2, 0.25) is 0 Å². The Morgan fingerprint density at radius 3 is 1.69 bits per heavy atom. The van der Waals surface area contributed by atoms with E-state index in [9.17, 15) is 26.2 Å². The summed E-state index contributed by atoms with van der Waals surface area (Å²) in [6, 6.07) is 0. The Morgan fingerprint density at radius 1 is 1.31 bits per heavy atom. The molecule has 0 unspecified atom stereocenters. The van der Waals surface area contributed by atoms with Gasteiger partial charge in [-0.2, -0.15) is 25.6 Å². The van der Waals surface area contributed by atoms with Crippen molar-refractivity contribution in [3.8, 4) is 0 Å². The molecule has 2 N–H and O–H groups in total.